The third-order valence-electron chi connectivity index (χ3n) is 2.99. The Morgan fingerprint density at radius 3 is 2.94 bits per heavy atom. The predicted octanol–water partition coefficient (Wildman–Crippen LogP) is 2.53. The molecule has 0 unspecified atom stereocenters. The van der Waals surface area contributed by atoms with Gasteiger partial charge in [-0.25, -0.2) is 4.98 Å². The minimum Gasteiger partial charge on any atom is -0.376 e. The molecule has 0 atom stereocenters. The molecule has 18 heavy (non-hydrogen) atoms. The van der Waals surface area contributed by atoms with E-state index >= 15 is 0 Å². The first kappa shape index (κ1) is 13.5. The van der Waals surface area contributed by atoms with Gasteiger partial charge < -0.3 is 10.1 Å². The van der Waals surface area contributed by atoms with Gasteiger partial charge in [0.05, 0.1) is 12.7 Å². The minimum atomic E-state index is -0.161. The van der Waals surface area contributed by atoms with E-state index < -0.39 is 0 Å². The number of halogens is 1. The number of pyridine rings is 1. The molecule has 0 spiro atoms. The number of carbonyl (C=O) groups excluding carboxylic acids is 1. The zero-order valence-electron chi connectivity index (χ0n) is 10.2. The van der Waals surface area contributed by atoms with Crippen LogP contribution in [-0.4, -0.2) is 30.1 Å². The van der Waals surface area contributed by atoms with Crippen LogP contribution in [0.2, 0.25) is 0 Å². The monoisotopic (exact) mass is 312 g/mol. The lowest BCUT2D eigenvalue weighted by molar-refractivity contribution is 0.0581. The zero-order chi connectivity index (χ0) is 12.8. The summed E-state index contributed by atoms with van der Waals surface area (Å²) in [5, 5.41) is 2.80. The fourth-order valence-electron chi connectivity index (χ4n) is 2.07. The van der Waals surface area contributed by atoms with Gasteiger partial charge in [0, 0.05) is 6.54 Å². The van der Waals surface area contributed by atoms with Crippen LogP contribution in [0.3, 0.4) is 0 Å². The van der Waals surface area contributed by atoms with Gasteiger partial charge in [0.15, 0.2) is 0 Å². The standard InChI is InChI=1S/C13H17BrN2O2/c14-12-7-3-6-11(16-12)13(17)15-8-9-18-10-4-1-2-5-10/h3,6-7,10H,1-2,4-5,8-9H2,(H,15,17). The summed E-state index contributed by atoms with van der Waals surface area (Å²) in [4.78, 5) is 15.8. The van der Waals surface area contributed by atoms with Gasteiger partial charge in [0.1, 0.15) is 10.3 Å². The third-order valence-corrected chi connectivity index (χ3v) is 3.43. The Morgan fingerprint density at radius 2 is 2.22 bits per heavy atom. The van der Waals surface area contributed by atoms with E-state index in [1.165, 1.54) is 12.8 Å². The first-order chi connectivity index (χ1) is 8.75. The maximum atomic E-state index is 11.7. The summed E-state index contributed by atoms with van der Waals surface area (Å²) in [6.45, 7) is 1.11. The van der Waals surface area contributed by atoms with Crippen molar-refractivity contribution in [2.75, 3.05) is 13.2 Å². The summed E-state index contributed by atoms with van der Waals surface area (Å²) >= 11 is 3.24. The summed E-state index contributed by atoms with van der Waals surface area (Å²) in [6.07, 6.45) is 5.23. The van der Waals surface area contributed by atoms with Crippen LogP contribution in [-0.2, 0) is 4.74 Å². The van der Waals surface area contributed by atoms with Gasteiger partial charge in [0.2, 0.25) is 0 Å². The Morgan fingerprint density at radius 1 is 1.44 bits per heavy atom. The molecule has 2 rings (SSSR count). The first-order valence-corrected chi connectivity index (χ1v) is 7.07. The number of hydrogen-bond donors (Lipinski definition) is 1. The van der Waals surface area contributed by atoms with Crippen LogP contribution in [0.4, 0.5) is 0 Å². The molecule has 1 aliphatic rings. The topological polar surface area (TPSA) is 51.2 Å². The Kier molecular flexibility index (Phi) is 5.13. The van der Waals surface area contributed by atoms with Gasteiger partial charge >= 0.3 is 0 Å². The summed E-state index contributed by atoms with van der Waals surface area (Å²) < 4.78 is 6.33. The molecular formula is C13H17BrN2O2. The first-order valence-electron chi connectivity index (χ1n) is 6.28. The van der Waals surface area contributed by atoms with Gasteiger partial charge in [-0.1, -0.05) is 18.9 Å². The van der Waals surface area contributed by atoms with Crippen LogP contribution in [0.5, 0.6) is 0 Å². The van der Waals surface area contributed by atoms with Crippen molar-refractivity contribution in [3.8, 4) is 0 Å². The SMILES string of the molecule is O=C(NCCOC1CCCC1)c1cccc(Br)n1. The molecule has 0 aromatic carbocycles. The summed E-state index contributed by atoms with van der Waals surface area (Å²) in [5.41, 5.74) is 0.422. The second kappa shape index (κ2) is 6.85. The molecule has 1 amide bonds. The molecule has 1 aromatic heterocycles. The number of rotatable bonds is 5. The highest BCUT2D eigenvalue weighted by Gasteiger charge is 2.15. The molecule has 5 heteroatoms. The van der Waals surface area contributed by atoms with Crippen LogP contribution in [0.1, 0.15) is 36.2 Å². The van der Waals surface area contributed by atoms with Crippen molar-refractivity contribution in [2.24, 2.45) is 0 Å². The van der Waals surface area contributed by atoms with E-state index in [1.54, 1.807) is 18.2 Å². The lowest BCUT2D eigenvalue weighted by Crippen LogP contribution is -2.29. The lowest BCUT2D eigenvalue weighted by atomic mass is 10.3. The molecule has 1 saturated carbocycles. The number of amides is 1. The molecule has 98 valence electrons. The molecule has 1 N–H and O–H groups in total. The van der Waals surface area contributed by atoms with E-state index in [-0.39, 0.29) is 5.91 Å². The van der Waals surface area contributed by atoms with Crippen molar-refractivity contribution in [2.45, 2.75) is 31.8 Å². The van der Waals surface area contributed by atoms with E-state index in [1.807, 2.05) is 0 Å². The average molecular weight is 313 g/mol. The number of ether oxygens (including phenoxy) is 1. The fourth-order valence-corrected chi connectivity index (χ4v) is 2.41. The van der Waals surface area contributed by atoms with Gasteiger partial charge in [-0.3, -0.25) is 4.79 Å². The second-order valence-corrected chi connectivity index (χ2v) is 5.19. The highest BCUT2D eigenvalue weighted by molar-refractivity contribution is 9.10. The van der Waals surface area contributed by atoms with Crippen LogP contribution < -0.4 is 5.32 Å². The van der Waals surface area contributed by atoms with Crippen LogP contribution in [0, 0.1) is 0 Å². The van der Waals surface area contributed by atoms with Crippen LogP contribution in [0.15, 0.2) is 22.8 Å². The van der Waals surface area contributed by atoms with Crippen LogP contribution in [0.25, 0.3) is 0 Å². The lowest BCUT2D eigenvalue weighted by Gasteiger charge is -2.11. The molecule has 4 nitrogen and oxygen atoms in total. The van der Waals surface area contributed by atoms with E-state index in [4.69, 9.17) is 4.74 Å². The molecule has 1 heterocycles. The maximum absolute atomic E-state index is 11.7. The molecule has 0 bridgehead atoms. The Hall–Kier alpha value is -0.940. The highest BCUT2D eigenvalue weighted by Crippen LogP contribution is 2.20. The molecule has 0 saturated heterocycles. The van der Waals surface area contributed by atoms with Crippen molar-refractivity contribution in [3.63, 3.8) is 0 Å². The summed E-state index contributed by atoms with van der Waals surface area (Å²) in [6, 6.07) is 5.28. The minimum absolute atomic E-state index is 0.161. The molecule has 1 aromatic rings. The number of nitrogens with one attached hydrogen (secondary N) is 1. The molecule has 1 aliphatic carbocycles. The van der Waals surface area contributed by atoms with E-state index in [0.29, 0.717) is 29.6 Å². The molecule has 1 fully saturated rings. The summed E-state index contributed by atoms with van der Waals surface area (Å²) in [5.74, 6) is -0.161. The van der Waals surface area contributed by atoms with Crippen molar-refractivity contribution in [1.82, 2.24) is 10.3 Å². The Balaban J connectivity index is 1.68. The molecule has 0 aliphatic heterocycles. The van der Waals surface area contributed by atoms with Crippen LogP contribution >= 0.6 is 15.9 Å². The van der Waals surface area contributed by atoms with Crippen molar-refractivity contribution < 1.29 is 9.53 Å². The number of aromatic nitrogens is 1. The molecule has 0 radical (unpaired) electrons. The Bertz CT molecular complexity index is 406. The van der Waals surface area contributed by atoms with Crippen molar-refractivity contribution >= 4 is 21.8 Å². The fraction of sp³-hybridized carbons (Fsp3) is 0.538. The predicted molar refractivity (Wildman–Crippen MR) is 72.5 cm³/mol. The highest BCUT2D eigenvalue weighted by atomic mass is 79.9. The van der Waals surface area contributed by atoms with Crippen molar-refractivity contribution in [3.05, 3.63) is 28.5 Å². The van der Waals surface area contributed by atoms with Gasteiger partial charge in [0.25, 0.3) is 5.91 Å². The summed E-state index contributed by atoms with van der Waals surface area (Å²) in [7, 11) is 0. The van der Waals surface area contributed by atoms with Gasteiger partial charge in [-0.05, 0) is 40.9 Å². The van der Waals surface area contributed by atoms with E-state index in [9.17, 15) is 4.79 Å². The third kappa shape index (κ3) is 4.07. The van der Waals surface area contributed by atoms with Gasteiger partial charge in [-0.15, -0.1) is 0 Å². The molecular weight excluding hydrogens is 296 g/mol. The van der Waals surface area contributed by atoms with E-state index in [0.717, 1.165) is 12.8 Å². The smallest absolute Gasteiger partial charge is 0.270 e. The normalized spacial score (nSPS) is 15.8. The number of carbonyl (C=O) groups is 1. The number of hydrogen-bond acceptors (Lipinski definition) is 3. The Labute approximate surface area is 115 Å². The largest absolute Gasteiger partial charge is 0.376 e. The quantitative estimate of drug-likeness (QED) is 0.671. The van der Waals surface area contributed by atoms with E-state index in [2.05, 4.69) is 26.2 Å². The maximum Gasteiger partial charge on any atom is 0.270 e. The number of nitrogens with zero attached hydrogens (tertiary/aromatic N) is 1. The zero-order valence-corrected chi connectivity index (χ0v) is 11.8. The van der Waals surface area contributed by atoms with Gasteiger partial charge in [-0.2, -0.15) is 0 Å². The average Bonchev–Trinajstić information content (AvgIpc) is 2.87. The second-order valence-electron chi connectivity index (χ2n) is 4.38. The van der Waals surface area contributed by atoms with Crippen molar-refractivity contribution in [1.29, 1.82) is 0 Å².